The van der Waals surface area contributed by atoms with Crippen LogP contribution in [0.5, 0.6) is 0 Å². The lowest BCUT2D eigenvalue weighted by atomic mass is 9.88. The van der Waals surface area contributed by atoms with E-state index in [1.54, 1.807) is 11.4 Å². The van der Waals surface area contributed by atoms with Gasteiger partial charge >= 0.3 is 0 Å². The minimum absolute atomic E-state index is 0.105. The number of aromatic nitrogens is 1. The highest BCUT2D eigenvalue weighted by Crippen LogP contribution is 2.37. The zero-order valence-corrected chi connectivity index (χ0v) is 25.2. The second-order valence-corrected chi connectivity index (χ2v) is 14.1. The fourth-order valence-corrected chi connectivity index (χ4v) is 6.86. The molecule has 4 rings (SSSR count). The summed E-state index contributed by atoms with van der Waals surface area (Å²) in [5, 5.41) is 4.59. The number of primary amides is 1. The minimum Gasteiger partial charge on any atom is -0.385 e. The van der Waals surface area contributed by atoms with Gasteiger partial charge in [0.2, 0.25) is 10.0 Å². The van der Waals surface area contributed by atoms with E-state index < -0.39 is 15.9 Å². The highest BCUT2D eigenvalue weighted by Gasteiger charge is 2.30. The van der Waals surface area contributed by atoms with Crippen molar-refractivity contribution in [1.29, 1.82) is 0 Å². The molecule has 1 aliphatic heterocycles. The van der Waals surface area contributed by atoms with Crippen molar-refractivity contribution in [3.63, 3.8) is 0 Å². The van der Waals surface area contributed by atoms with Gasteiger partial charge in [-0.2, -0.15) is 0 Å². The Morgan fingerprint density at radius 2 is 1.90 bits per heavy atom. The molecule has 3 aromatic rings. The Hall–Kier alpha value is -2.72. The Balaban J connectivity index is 1.59. The molecule has 0 saturated carbocycles. The SMILES string of the molecule is COCCCS(=O)(=O)N1CCC(c2c[nH]c3c(C(N)=O)cc(-c4cccc(CN[C@@H](C)C(C)(C)C)c4)cc23)CC1. The molecule has 0 aliphatic carbocycles. The lowest BCUT2D eigenvalue weighted by Gasteiger charge is -2.31. The maximum absolute atomic E-state index is 12.8. The second kappa shape index (κ2) is 12.4. The van der Waals surface area contributed by atoms with Crippen LogP contribution in [0.4, 0.5) is 0 Å². The Kier molecular flexibility index (Phi) is 9.40. The zero-order chi connectivity index (χ0) is 29.1. The summed E-state index contributed by atoms with van der Waals surface area (Å²) in [6.07, 6.45) is 3.90. The topological polar surface area (TPSA) is 118 Å². The second-order valence-electron chi connectivity index (χ2n) is 12.1. The Morgan fingerprint density at radius 1 is 1.18 bits per heavy atom. The van der Waals surface area contributed by atoms with Crippen molar-refractivity contribution in [2.24, 2.45) is 11.1 Å². The van der Waals surface area contributed by atoms with Crippen LogP contribution in [0.2, 0.25) is 0 Å². The van der Waals surface area contributed by atoms with Crippen molar-refractivity contribution in [2.45, 2.75) is 65.5 Å². The monoisotopic (exact) mass is 568 g/mol. The number of hydrogen-bond donors (Lipinski definition) is 3. The molecular formula is C31H44N4O4S. The molecule has 1 aliphatic rings. The van der Waals surface area contributed by atoms with Gasteiger partial charge in [-0.25, -0.2) is 12.7 Å². The number of sulfonamides is 1. The summed E-state index contributed by atoms with van der Waals surface area (Å²) in [5.41, 5.74) is 11.4. The third-order valence-electron chi connectivity index (χ3n) is 8.30. The smallest absolute Gasteiger partial charge is 0.250 e. The number of nitrogens with one attached hydrogen (secondary N) is 2. The number of H-pyrrole nitrogens is 1. The van der Waals surface area contributed by atoms with Crippen molar-refractivity contribution in [1.82, 2.24) is 14.6 Å². The normalized spacial score (nSPS) is 16.4. The molecule has 2 aromatic carbocycles. The molecule has 0 spiro atoms. The van der Waals surface area contributed by atoms with Crippen LogP contribution in [0.3, 0.4) is 0 Å². The van der Waals surface area contributed by atoms with E-state index in [0.29, 0.717) is 37.7 Å². The molecule has 8 nitrogen and oxygen atoms in total. The summed E-state index contributed by atoms with van der Waals surface area (Å²) in [4.78, 5) is 15.8. The summed E-state index contributed by atoms with van der Waals surface area (Å²) in [6.45, 7) is 11.0. The molecule has 40 heavy (non-hydrogen) atoms. The van der Waals surface area contributed by atoms with Crippen LogP contribution in [-0.4, -0.2) is 62.2 Å². The van der Waals surface area contributed by atoms with Crippen LogP contribution in [0, 0.1) is 5.41 Å². The van der Waals surface area contributed by atoms with Gasteiger partial charge in [0.05, 0.1) is 16.8 Å². The average Bonchev–Trinajstić information content (AvgIpc) is 3.35. The predicted octanol–water partition coefficient (Wildman–Crippen LogP) is 5.00. The maximum Gasteiger partial charge on any atom is 0.250 e. The van der Waals surface area contributed by atoms with Gasteiger partial charge in [-0.15, -0.1) is 0 Å². The number of piperidine rings is 1. The molecule has 218 valence electrons. The van der Waals surface area contributed by atoms with E-state index in [9.17, 15) is 13.2 Å². The Bertz CT molecular complexity index is 1430. The van der Waals surface area contributed by atoms with Crippen molar-refractivity contribution >= 4 is 26.8 Å². The first-order chi connectivity index (χ1) is 18.9. The van der Waals surface area contributed by atoms with Crippen molar-refractivity contribution < 1.29 is 17.9 Å². The third-order valence-corrected chi connectivity index (χ3v) is 10.3. The molecule has 0 unspecified atom stereocenters. The van der Waals surface area contributed by atoms with Crippen LogP contribution in [0.25, 0.3) is 22.0 Å². The van der Waals surface area contributed by atoms with Gasteiger partial charge in [-0.05, 0) is 78.0 Å². The van der Waals surface area contributed by atoms with E-state index in [-0.39, 0.29) is 17.1 Å². The number of nitrogens with zero attached hydrogens (tertiary/aromatic N) is 1. The van der Waals surface area contributed by atoms with E-state index in [4.69, 9.17) is 10.5 Å². The largest absolute Gasteiger partial charge is 0.385 e. The number of aromatic amines is 1. The van der Waals surface area contributed by atoms with Gasteiger partial charge < -0.3 is 20.8 Å². The summed E-state index contributed by atoms with van der Waals surface area (Å²) < 4.78 is 32.1. The van der Waals surface area contributed by atoms with Crippen molar-refractivity contribution in [3.8, 4) is 11.1 Å². The number of carbonyl (C=O) groups excluding carboxylic acids is 1. The molecule has 1 amide bonds. The molecule has 9 heteroatoms. The number of benzene rings is 2. The summed E-state index contributed by atoms with van der Waals surface area (Å²) in [6, 6.07) is 12.7. The fourth-order valence-electron chi connectivity index (χ4n) is 5.35. The third kappa shape index (κ3) is 6.94. The first-order valence-corrected chi connectivity index (χ1v) is 15.8. The molecule has 1 saturated heterocycles. The lowest BCUT2D eigenvalue weighted by Crippen LogP contribution is -2.39. The van der Waals surface area contributed by atoms with Crippen molar-refractivity contribution in [2.75, 3.05) is 32.6 Å². The number of nitrogens with two attached hydrogens (primary N) is 1. The molecule has 1 aromatic heterocycles. The zero-order valence-electron chi connectivity index (χ0n) is 24.4. The number of carbonyl (C=O) groups is 1. The highest BCUT2D eigenvalue weighted by atomic mass is 32.2. The summed E-state index contributed by atoms with van der Waals surface area (Å²) in [5.74, 6) is -0.188. The van der Waals surface area contributed by atoms with E-state index in [1.807, 2.05) is 18.3 Å². The van der Waals surface area contributed by atoms with Gasteiger partial charge in [0, 0.05) is 51.0 Å². The van der Waals surface area contributed by atoms with Crippen LogP contribution >= 0.6 is 0 Å². The molecule has 0 bridgehead atoms. The average molecular weight is 569 g/mol. The van der Waals surface area contributed by atoms with E-state index >= 15 is 0 Å². The molecule has 4 N–H and O–H groups in total. The standard InChI is InChI=1S/C31H44N4O4S/c1-21(31(2,3)4)33-19-22-8-6-9-24(16-22)25-17-26-28(20-34-29(26)27(18-25)30(32)36)23-10-12-35(13-11-23)40(37,38)15-7-14-39-5/h6,8-9,16-18,20-21,23,33-34H,7,10-15,19H2,1-5H3,(H2,32,36)/t21-/m0/s1. The van der Waals surface area contributed by atoms with Crippen LogP contribution in [0.15, 0.2) is 42.6 Å². The highest BCUT2D eigenvalue weighted by molar-refractivity contribution is 7.89. The van der Waals surface area contributed by atoms with Gasteiger partial charge in [-0.1, -0.05) is 39.0 Å². The minimum atomic E-state index is -3.29. The van der Waals surface area contributed by atoms with Gasteiger partial charge in [0.1, 0.15) is 0 Å². The predicted molar refractivity (Wildman–Crippen MR) is 162 cm³/mol. The number of fused-ring (bicyclic) bond motifs is 1. The Morgan fingerprint density at radius 3 is 2.55 bits per heavy atom. The van der Waals surface area contributed by atoms with E-state index in [0.717, 1.165) is 47.0 Å². The first kappa shape index (κ1) is 30.2. The van der Waals surface area contributed by atoms with E-state index in [1.165, 1.54) is 5.56 Å². The number of methoxy groups -OCH3 is 1. The van der Waals surface area contributed by atoms with Gasteiger partial charge in [-0.3, -0.25) is 4.79 Å². The summed E-state index contributed by atoms with van der Waals surface area (Å²) in [7, 11) is -1.71. The molecule has 1 atom stereocenters. The fraction of sp³-hybridized carbons (Fsp3) is 0.516. The van der Waals surface area contributed by atoms with E-state index in [2.05, 4.69) is 62.3 Å². The lowest BCUT2D eigenvalue weighted by molar-refractivity contribution is 0.100. The quantitative estimate of drug-likeness (QED) is 0.281. The number of hydrogen-bond acceptors (Lipinski definition) is 5. The van der Waals surface area contributed by atoms with Crippen LogP contribution < -0.4 is 11.1 Å². The molecule has 2 heterocycles. The molecule has 1 fully saturated rings. The molecular weight excluding hydrogens is 524 g/mol. The number of amides is 1. The van der Waals surface area contributed by atoms with Crippen LogP contribution in [-0.2, 0) is 21.3 Å². The Labute approximate surface area is 238 Å². The summed E-state index contributed by atoms with van der Waals surface area (Å²) >= 11 is 0. The number of ether oxygens (including phenoxy) is 1. The van der Waals surface area contributed by atoms with Crippen LogP contribution in [0.1, 0.15) is 74.4 Å². The first-order valence-electron chi connectivity index (χ1n) is 14.1. The number of rotatable bonds is 11. The molecule has 0 radical (unpaired) electrons. The van der Waals surface area contributed by atoms with Gasteiger partial charge in [0.15, 0.2) is 0 Å². The van der Waals surface area contributed by atoms with Crippen molar-refractivity contribution in [3.05, 3.63) is 59.3 Å². The maximum atomic E-state index is 12.8. The van der Waals surface area contributed by atoms with Gasteiger partial charge in [0.25, 0.3) is 5.91 Å².